The normalized spacial score (nSPS) is 10.9. The number of methoxy groups -OCH3 is 2. The van der Waals surface area contributed by atoms with E-state index in [0.29, 0.717) is 27.9 Å². The predicted octanol–water partition coefficient (Wildman–Crippen LogP) is 4.01. The van der Waals surface area contributed by atoms with E-state index in [4.69, 9.17) is 9.47 Å². The molecule has 3 aromatic heterocycles. The number of ether oxygens (including phenoxy) is 2. The first-order valence-corrected chi connectivity index (χ1v) is 12.0. The molecule has 0 fully saturated rings. The van der Waals surface area contributed by atoms with Crippen LogP contribution in [0.2, 0.25) is 0 Å². The molecular weight excluding hydrogens is 490 g/mol. The van der Waals surface area contributed by atoms with Crippen LogP contribution in [0.5, 0.6) is 0 Å². The third-order valence-corrected chi connectivity index (χ3v) is 7.84. The fraction of sp³-hybridized carbons (Fsp3) is 0.208. The van der Waals surface area contributed by atoms with Gasteiger partial charge in [-0.25, -0.2) is 14.6 Å². The highest BCUT2D eigenvalue weighted by Gasteiger charge is 2.28. The molecule has 11 heteroatoms. The summed E-state index contributed by atoms with van der Waals surface area (Å²) in [6.45, 7) is 3.62. The number of fused-ring (bicyclic) bond motifs is 1. The molecule has 1 amide bonds. The van der Waals surface area contributed by atoms with Gasteiger partial charge < -0.3 is 14.8 Å². The van der Waals surface area contributed by atoms with Gasteiger partial charge in [0.05, 0.1) is 42.9 Å². The Morgan fingerprint density at radius 3 is 2.31 bits per heavy atom. The number of amides is 1. The van der Waals surface area contributed by atoms with Crippen LogP contribution in [0.4, 0.5) is 5.00 Å². The Morgan fingerprint density at radius 1 is 0.971 bits per heavy atom. The minimum atomic E-state index is -0.692. The minimum Gasteiger partial charge on any atom is -0.465 e. The number of nitrogens with one attached hydrogen (secondary N) is 1. The molecule has 0 bridgehead atoms. The molecule has 0 aliphatic rings. The van der Waals surface area contributed by atoms with Crippen molar-refractivity contribution in [2.45, 2.75) is 20.4 Å². The second-order valence-electron chi connectivity index (χ2n) is 7.60. The number of esters is 2. The van der Waals surface area contributed by atoms with Gasteiger partial charge in [0.25, 0.3) is 11.5 Å². The molecular formula is C24H21N3O6S2. The van der Waals surface area contributed by atoms with Crippen LogP contribution in [0.15, 0.2) is 41.5 Å². The minimum absolute atomic E-state index is 0.0772. The van der Waals surface area contributed by atoms with Crippen LogP contribution >= 0.6 is 22.7 Å². The molecule has 0 unspecified atom stereocenters. The van der Waals surface area contributed by atoms with Crippen LogP contribution in [0.25, 0.3) is 10.2 Å². The summed E-state index contributed by atoms with van der Waals surface area (Å²) in [4.78, 5) is 56.2. The average Bonchev–Trinajstić information content (AvgIpc) is 3.37. The van der Waals surface area contributed by atoms with E-state index in [2.05, 4.69) is 10.3 Å². The monoisotopic (exact) mass is 511 g/mol. The first-order chi connectivity index (χ1) is 16.8. The standard InChI is InChI=1S/C24H21N3O6S2/c1-12-15-20(25-11-27(22(15)29)10-14-8-6-5-7-9-14)34-17(12)19(28)26-21-16(23(30)32-3)13(2)18(35-21)24(31)33-4/h5-9,11H,10H2,1-4H3,(H,26,28). The van der Waals surface area contributed by atoms with E-state index in [0.717, 1.165) is 28.2 Å². The summed E-state index contributed by atoms with van der Waals surface area (Å²) in [6.07, 6.45) is 1.47. The Hall–Kier alpha value is -3.83. The third kappa shape index (κ3) is 4.47. The maximum absolute atomic E-state index is 13.2. The second kappa shape index (κ2) is 9.80. The summed E-state index contributed by atoms with van der Waals surface area (Å²) in [5.74, 6) is -1.84. The molecule has 9 nitrogen and oxygen atoms in total. The molecule has 0 spiro atoms. The Bertz CT molecular complexity index is 1520. The van der Waals surface area contributed by atoms with E-state index in [1.165, 1.54) is 25.1 Å². The molecule has 1 N–H and O–H groups in total. The Kier molecular flexibility index (Phi) is 6.81. The number of anilines is 1. The number of carbonyl (C=O) groups is 3. The number of carbonyl (C=O) groups excluding carboxylic acids is 3. The first kappa shape index (κ1) is 24.3. The van der Waals surface area contributed by atoms with Crippen molar-refractivity contribution in [3.63, 3.8) is 0 Å². The molecule has 0 aliphatic heterocycles. The molecule has 0 radical (unpaired) electrons. The summed E-state index contributed by atoms with van der Waals surface area (Å²) in [5, 5.41) is 3.23. The van der Waals surface area contributed by atoms with Crippen molar-refractivity contribution in [3.05, 3.63) is 79.0 Å². The number of aromatic nitrogens is 2. The van der Waals surface area contributed by atoms with Crippen LogP contribution in [0.3, 0.4) is 0 Å². The zero-order valence-electron chi connectivity index (χ0n) is 19.3. The van der Waals surface area contributed by atoms with Gasteiger partial charge in [-0.05, 0) is 30.5 Å². The molecule has 0 saturated carbocycles. The molecule has 180 valence electrons. The molecule has 4 aromatic rings. The number of hydrogen-bond donors (Lipinski definition) is 1. The fourth-order valence-electron chi connectivity index (χ4n) is 3.67. The van der Waals surface area contributed by atoms with Gasteiger partial charge in [0, 0.05) is 0 Å². The van der Waals surface area contributed by atoms with Gasteiger partial charge >= 0.3 is 11.9 Å². The van der Waals surface area contributed by atoms with Gasteiger partial charge in [0.1, 0.15) is 14.7 Å². The average molecular weight is 512 g/mol. The molecule has 0 atom stereocenters. The second-order valence-corrected chi connectivity index (χ2v) is 9.62. The maximum Gasteiger partial charge on any atom is 0.348 e. The summed E-state index contributed by atoms with van der Waals surface area (Å²) in [6, 6.07) is 9.52. The first-order valence-electron chi connectivity index (χ1n) is 10.4. The zero-order chi connectivity index (χ0) is 25.3. The summed E-state index contributed by atoms with van der Waals surface area (Å²) in [7, 11) is 2.45. The van der Waals surface area contributed by atoms with Crippen molar-refractivity contribution in [1.82, 2.24) is 9.55 Å². The number of hydrogen-bond acceptors (Lipinski definition) is 9. The van der Waals surface area contributed by atoms with E-state index in [9.17, 15) is 19.2 Å². The smallest absolute Gasteiger partial charge is 0.348 e. The number of aryl methyl sites for hydroxylation is 1. The van der Waals surface area contributed by atoms with Crippen LogP contribution in [0.1, 0.15) is 46.4 Å². The van der Waals surface area contributed by atoms with Gasteiger partial charge in [-0.3, -0.25) is 14.2 Å². The molecule has 0 aliphatic carbocycles. The van der Waals surface area contributed by atoms with Crippen LogP contribution in [-0.2, 0) is 16.0 Å². The van der Waals surface area contributed by atoms with E-state index < -0.39 is 17.8 Å². The maximum atomic E-state index is 13.2. The van der Waals surface area contributed by atoms with Gasteiger partial charge in [-0.1, -0.05) is 30.3 Å². The van der Waals surface area contributed by atoms with Gasteiger partial charge in [0.2, 0.25) is 0 Å². The van der Waals surface area contributed by atoms with Crippen molar-refractivity contribution >= 4 is 55.7 Å². The highest BCUT2D eigenvalue weighted by molar-refractivity contribution is 7.21. The molecule has 3 heterocycles. The molecule has 4 rings (SSSR count). The number of rotatable bonds is 6. The highest BCUT2D eigenvalue weighted by atomic mass is 32.1. The van der Waals surface area contributed by atoms with E-state index in [1.54, 1.807) is 13.8 Å². The van der Waals surface area contributed by atoms with Crippen molar-refractivity contribution in [2.24, 2.45) is 0 Å². The lowest BCUT2D eigenvalue weighted by Gasteiger charge is -2.06. The van der Waals surface area contributed by atoms with Crippen molar-refractivity contribution < 1.29 is 23.9 Å². The van der Waals surface area contributed by atoms with Gasteiger partial charge in [-0.15, -0.1) is 22.7 Å². The number of benzene rings is 1. The largest absolute Gasteiger partial charge is 0.465 e. The lowest BCUT2D eigenvalue weighted by Crippen LogP contribution is -2.21. The lowest BCUT2D eigenvalue weighted by molar-refractivity contribution is 0.0601. The Balaban J connectivity index is 1.72. The molecule has 1 aromatic carbocycles. The molecule has 0 saturated heterocycles. The third-order valence-electron chi connectivity index (χ3n) is 5.45. The Morgan fingerprint density at radius 2 is 1.66 bits per heavy atom. The fourth-order valence-corrected chi connectivity index (χ4v) is 5.81. The van der Waals surface area contributed by atoms with E-state index in [1.807, 2.05) is 30.3 Å². The summed E-state index contributed by atoms with van der Waals surface area (Å²) >= 11 is 2.00. The lowest BCUT2D eigenvalue weighted by atomic mass is 10.1. The molecule has 35 heavy (non-hydrogen) atoms. The topological polar surface area (TPSA) is 117 Å². The SMILES string of the molecule is COC(=O)c1sc(NC(=O)c2sc3ncn(Cc4ccccc4)c(=O)c3c2C)c(C(=O)OC)c1C. The van der Waals surface area contributed by atoms with E-state index in [-0.39, 0.29) is 25.9 Å². The zero-order valence-corrected chi connectivity index (χ0v) is 21.0. The van der Waals surface area contributed by atoms with Crippen molar-refractivity contribution in [2.75, 3.05) is 19.5 Å². The van der Waals surface area contributed by atoms with Crippen LogP contribution < -0.4 is 10.9 Å². The van der Waals surface area contributed by atoms with Gasteiger partial charge in [-0.2, -0.15) is 0 Å². The Labute approximate surface area is 207 Å². The number of nitrogens with zero attached hydrogens (tertiary/aromatic N) is 2. The number of thiophene rings is 2. The van der Waals surface area contributed by atoms with Crippen LogP contribution in [0, 0.1) is 13.8 Å². The quantitative estimate of drug-likeness (QED) is 0.389. The highest BCUT2D eigenvalue weighted by Crippen LogP contribution is 2.35. The van der Waals surface area contributed by atoms with Crippen molar-refractivity contribution in [1.29, 1.82) is 0 Å². The predicted molar refractivity (Wildman–Crippen MR) is 134 cm³/mol. The van der Waals surface area contributed by atoms with Gasteiger partial charge in [0.15, 0.2) is 0 Å². The van der Waals surface area contributed by atoms with Crippen molar-refractivity contribution in [3.8, 4) is 0 Å². The van der Waals surface area contributed by atoms with Crippen LogP contribution in [-0.4, -0.2) is 41.6 Å². The summed E-state index contributed by atoms with van der Waals surface area (Å²) in [5.41, 5.74) is 1.62. The van der Waals surface area contributed by atoms with E-state index >= 15 is 0 Å². The summed E-state index contributed by atoms with van der Waals surface area (Å²) < 4.78 is 11.1.